The topological polar surface area (TPSA) is 102 Å². The van der Waals surface area contributed by atoms with Crippen molar-refractivity contribution in [2.45, 2.75) is 24.6 Å². The number of esters is 1. The highest BCUT2D eigenvalue weighted by Crippen LogP contribution is 2.24. The summed E-state index contributed by atoms with van der Waals surface area (Å²) in [6, 6.07) is 9.11. The van der Waals surface area contributed by atoms with Crippen molar-refractivity contribution in [1.29, 1.82) is 0 Å². The number of anilines is 1. The zero-order chi connectivity index (χ0) is 18.4. The van der Waals surface area contributed by atoms with Crippen LogP contribution in [-0.4, -0.2) is 26.9 Å². The molecule has 0 unspecified atom stereocenters. The molecule has 0 atom stereocenters. The van der Waals surface area contributed by atoms with Crippen LogP contribution >= 0.6 is 11.3 Å². The van der Waals surface area contributed by atoms with Crippen molar-refractivity contribution in [3.05, 3.63) is 46.8 Å². The lowest BCUT2D eigenvalue weighted by Crippen LogP contribution is -2.18. The lowest BCUT2D eigenvalue weighted by atomic mass is 10.2. The normalized spacial score (nSPS) is 11.0. The van der Waals surface area contributed by atoms with Crippen molar-refractivity contribution in [2.75, 3.05) is 11.3 Å². The van der Waals surface area contributed by atoms with Gasteiger partial charge in [0.15, 0.2) is 0 Å². The predicted octanol–water partition coefficient (Wildman–Crippen LogP) is 2.36. The number of sulfonamides is 1. The van der Waals surface area contributed by atoms with E-state index in [9.17, 15) is 18.0 Å². The molecule has 0 saturated heterocycles. The third-order valence-electron chi connectivity index (χ3n) is 3.06. The Morgan fingerprint density at radius 1 is 1.12 bits per heavy atom. The monoisotopic (exact) mass is 382 g/mol. The second-order valence-electron chi connectivity index (χ2n) is 5.03. The molecule has 0 spiro atoms. The predicted molar refractivity (Wildman–Crippen MR) is 95.0 cm³/mol. The van der Waals surface area contributed by atoms with Crippen molar-refractivity contribution in [2.24, 2.45) is 0 Å². The van der Waals surface area contributed by atoms with Crippen molar-refractivity contribution >= 4 is 38.9 Å². The van der Waals surface area contributed by atoms with Gasteiger partial charge < -0.3 is 10.1 Å². The minimum atomic E-state index is -3.73. The Hall–Kier alpha value is -2.39. The Bertz CT molecular complexity index is 857. The summed E-state index contributed by atoms with van der Waals surface area (Å²) in [5, 5.41) is 2.62. The second kappa shape index (κ2) is 8.13. The van der Waals surface area contributed by atoms with E-state index in [-0.39, 0.29) is 23.3 Å². The molecular weight excluding hydrogens is 364 g/mol. The van der Waals surface area contributed by atoms with Crippen LogP contribution in [-0.2, 0) is 26.1 Å². The third kappa shape index (κ3) is 5.30. The van der Waals surface area contributed by atoms with E-state index in [1.807, 2.05) is 0 Å². The highest BCUT2D eigenvalue weighted by Gasteiger charge is 2.17. The number of thiophene rings is 1. The van der Waals surface area contributed by atoms with Gasteiger partial charge in [-0.05, 0) is 43.3 Å². The standard InChI is InChI=1S/C16H18N2O5S2/c1-3-23-16(20)12-4-6-13(7-5-12)18-25(21,22)15-9-8-14(24-15)10-17-11(2)19/h4-9,18H,3,10H2,1-2H3,(H,17,19). The van der Waals surface area contributed by atoms with Gasteiger partial charge in [-0.1, -0.05) is 0 Å². The first-order chi connectivity index (χ1) is 11.8. The number of hydrogen-bond donors (Lipinski definition) is 2. The van der Waals surface area contributed by atoms with Crippen molar-refractivity contribution < 1.29 is 22.7 Å². The van der Waals surface area contributed by atoms with Crippen LogP contribution in [0.2, 0.25) is 0 Å². The van der Waals surface area contributed by atoms with Gasteiger partial charge in [-0.2, -0.15) is 0 Å². The van der Waals surface area contributed by atoms with E-state index in [2.05, 4.69) is 10.0 Å². The number of carbonyl (C=O) groups excluding carboxylic acids is 2. The molecule has 0 aliphatic carbocycles. The van der Waals surface area contributed by atoms with Crippen molar-refractivity contribution in [3.63, 3.8) is 0 Å². The molecule has 1 aromatic heterocycles. The molecule has 0 aliphatic rings. The number of benzene rings is 1. The van der Waals surface area contributed by atoms with Gasteiger partial charge in [0.25, 0.3) is 10.0 Å². The summed E-state index contributed by atoms with van der Waals surface area (Å²) < 4.78 is 32.3. The van der Waals surface area contributed by atoms with Crippen molar-refractivity contribution in [3.8, 4) is 0 Å². The number of amides is 1. The average molecular weight is 382 g/mol. The number of nitrogens with one attached hydrogen (secondary N) is 2. The first kappa shape index (κ1) is 18.9. The molecule has 1 aromatic carbocycles. The van der Waals surface area contributed by atoms with E-state index in [0.29, 0.717) is 11.3 Å². The van der Waals surface area contributed by atoms with Crippen LogP contribution in [0.25, 0.3) is 0 Å². The molecule has 0 fully saturated rings. The molecule has 1 amide bonds. The van der Waals surface area contributed by atoms with Gasteiger partial charge in [0.1, 0.15) is 4.21 Å². The molecule has 2 N–H and O–H groups in total. The third-order valence-corrected chi connectivity index (χ3v) is 6.02. The van der Waals surface area contributed by atoms with E-state index in [1.165, 1.54) is 37.3 Å². The Labute approximate surface area is 150 Å². The summed E-state index contributed by atoms with van der Waals surface area (Å²) in [6.45, 7) is 3.66. The number of carbonyl (C=O) groups is 2. The fourth-order valence-corrected chi connectivity index (χ4v) is 4.26. The molecule has 1 heterocycles. The molecule has 2 aromatic rings. The van der Waals surface area contributed by atoms with Crippen LogP contribution in [0, 0.1) is 0 Å². The van der Waals surface area contributed by atoms with Gasteiger partial charge in [0.2, 0.25) is 5.91 Å². The Balaban J connectivity index is 2.08. The summed E-state index contributed by atoms with van der Waals surface area (Å²) in [5.74, 6) is -0.643. The smallest absolute Gasteiger partial charge is 0.338 e. The van der Waals surface area contributed by atoms with E-state index in [4.69, 9.17) is 4.74 Å². The maximum atomic E-state index is 12.4. The van der Waals surface area contributed by atoms with Gasteiger partial charge in [0, 0.05) is 17.5 Å². The summed E-state index contributed by atoms with van der Waals surface area (Å²) in [5.41, 5.74) is 0.684. The highest BCUT2D eigenvalue weighted by atomic mass is 32.2. The molecule has 134 valence electrons. The molecule has 0 saturated carbocycles. The SMILES string of the molecule is CCOC(=O)c1ccc(NS(=O)(=O)c2ccc(CNC(C)=O)s2)cc1. The van der Waals surface area contributed by atoms with Crippen LogP contribution in [0.5, 0.6) is 0 Å². The van der Waals surface area contributed by atoms with E-state index >= 15 is 0 Å². The first-order valence-corrected chi connectivity index (χ1v) is 9.75. The van der Waals surface area contributed by atoms with Crippen LogP contribution in [0.15, 0.2) is 40.6 Å². The largest absolute Gasteiger partial charge is 0.462 e. The maximum absolute atomic E-state index is 12.4. The van der Waals surface area contributed by atoms with E-state index < -0.39 is 16.0 Å². The lowest BCUT2D eigenvalue weighted by Gasteiger charge is -2.07. The Morgan fingerprint density at radius 3 is 2.40 bits per heavy atom. The molecule has 9 heteroatoms. The molecule has 0 aliphatic heterocycles. The van der Waals surface area contributed by atoms with Gasteiger partial charge >= 0.3 is 5.97 Å². The first-order valence-electron chi connectivity index (χ1n) is 7.45. The fourth-order valence-electron chi connectivity index (χ4n) is 1.90. The summed E-state index contributed by atoms with van der Waals surface area (Å²) >= 11 is 1.08. The number of rotatable bonds is 7. The van der Waals surface area contributed by atoms with Crippen LogP contribution in [0.3, 0.4) is 0 Å². The minimum Gasteiger partial charge on any atom is -0.462 e. The zero-order valence-electron chi connectivity index (χ0n) is 13.7. The average Bonchev–Trinajstić information content (AvgIpc) is 3.03. The molecule has 25 heavy (non-hydrogen) atoms. The Morgan fingerprint density at radius 2 is 1.80 bits per heavy atom. The molecule has 0 bridgehead atoms. The van der Waals surface area contributed by atoms with Crippen LogP contribution < -0.4 is 10.0 Å². The van der Waals surface area contributed by atoms with Crippen LogP contribution in [0.4, 0.5) is 5.69 Å². The van der Waals surface area contributed by atoms with Gasteiger partial charge in [0.05, 0.1) is 18.7 Å². The maximum Gasteiger partial charge on any atom is 0.338 e. The molecular formula is C16H18N2O5S2. The number of hydrogen-bond acceptors (Lipinski definition) is 6. The molecule has 2 rings (SSSR count). The highest BCUT2D eigenvalue weighted by molar-refractivity contribution is 7.94. The zero-order valence-corrected chi connectivity index (χ0v) is 15.4. The lowest BCUT2D eigenvalue weighted by molar-refractivity contribution is -0.119. The fraction of sp³-hybridized carbons (Fsp3) is 0.250. The second-order valence-corrected chi connectivity index (χ2v) is 8.11. The van der Waals surface area contributed by atoms with Gasteiger partial charge in [-0.15, -0.1) is 11.3 Å². The van der Waals surface area contributed by atoms with Gasteiger partial charge in [-0.3, -0.25) is 9.52 Å². The van der Waals surface area contributed by atoms with Crippen molar-refractivity contribution in [1.82, 2.24) is 5.32 Å². The molecule has 7 nitrogen and oxygen atoms in total. The Kier molecular flexibility index (Phi) is 6.16. The quantitative estimate of drug-likeness (QED) is 0.716. The van der Waals surface area contributed by atoms with Gasteiger partial charge in [-0.25, -0.2) is 13.2 Å². The summed E-state index contributed by atoms with van der Waals surface area (Å²) in [7, 11) is -3.73. The number of ether oxygens (including phenoxy) is 1. The minimum absolute atomic E-state index is 0.141. The molecule has 0 radical (unpaired) electrons. The van der Waals surface area contributed by atoms with Crippen LogP contribution in [0.1, 0.15) is 29.1 Å². The summed E-state index contributed by atoms with van der Waals surface area (Å²) in [4.78, 5) is 23.2. The van der Waals surface area contributed by atoms with E-state index in [0.717, 1.165) is 16.2 Å². The summed E-state index contributed by atoms with van der Waals surface area (Å²) in [6.07, 6.45) is 0. The van der Waals surface area contributed by atoms with E-state index in [1.54, 1.807) is 13.0 Å².